The minimum absolute atomic E-state index is 0.859. The lowest BCUT2D eigenvalue weighted by Crippen LogP contribution is -1.54. The van der Waals surface area contributed by atoms with Crippen LogP contribution in [0.5, 0.6) is 0 Å². The van der Waals surface area contributed by atoms with Gasteiger partial charge in [0.05, 0.1) is 0 Å². The maximum atomic E-state index is 5.03. The van der Waals surface area contributed by atoms with Crippen LogP contribution in [-0.2, 0) is 0 Å². The molecule has 1 rings (SSSR count). The lowest BCUT2D eigenvalue weighted by molar-refractivity contribution is 0.504. The highest BCUT2D eigenvalue weighted by Crippen LogP contribution is 2.01. The van der Waals surface area contributed by atoms with E-state index in [-0.39, 0.29) is 0 Å². The zero-order chi connectivity index (χ0) is 5.28. The summed E-state index contributed by atoms with van der Waals surface area (Å²) >= 11 is 0. The molecule has 0 atom stereocenters. The SMILES string of the molecule is Cc1[c]cc(C)o1. The number of aryl methyl sites for hydroxylation is 2. The average molecular weight is 95.1 g/mol. The van der Waals surface area contributed by atoms with E-state index in [0.29, 0.717) is 0 Å². The smallest absolute Gasteiger partial charge is 0.109 e. The highest BCUT2D eigenvalue weighted by Gasteiger charge is 1.86. The fourth-order valence-corrected chi connectivity index (χ4v) is 0.504. The molecule has 0 spiro atoms. The topological polar surface area (TPSA) is 13.1 Å². The molecule has 37 valence electrons. The second-order valence-corrected chi connectivity index (χ2v) is 1.56. The molecule has 0 bridgehead atoms. The minimum atomic E-state index is 0.859. The Morgan fingerprint density at radius 2 is 2.29 bits per heavy atom. The van der Waals surface area contributed by atoms with Crippen molar-refractivity contribution in [2.75, 3.05) is 0 Å². The molecule has 1 nitrogen and oxygen atoms in total. The van der Waals surface area contributed by atoms with Crippen LogP contribution in [0.1, 0.15) is 11.5 Å². The van der Waals surface area contributed by atoms with Crippen molar-refractivity contribution < 1.29 is 4.42 Å². The van der Waals surface area contributed by atoms with Crippen molar-refractivity contribution in [2.45, 2.75) is 13.8 Å². The van der Waals surface area contributed by atoms with E-state index in [1.54, 1.807) is 0 Å². The first-order valence-corrected chi connectivity index (χ1v) is 2.24. The molecule has 1 radical (unpaired) electrons. The van der Waals surface area contributed by atoms with Crippen molar-refractivity contribution in [1.82, 2.24) is 0 Å². The Morgan fingerprint density at radius 1 is 1.57 bits per heavy atom. The van der Waals surface area contributed by atoms with Gasteiger partial charge >= 0.3 is 0 Å². The number of hydrogen-bond donors (Lipinski definition) is 0. The third-order valence-electron chi connectivity index (χ3n) is 0.793. The van der Waals surface area contributed by atoms with Crippen LogP contribution >= 0.6 is 0 Å². The van der Waals surface area contributed by atoms with Gasteiger partial charge in [-0.2, -0.15) is 0 Å². The van der Waals surface area contributed by atoms with Gasteiger partial charge in [0.25, 0.3) is 0 Å². The Bertz CT molecular complexity index is 136. The van der Waals surface area contributed by atoms with Gasteiger partial charge in [0, 0.05) is 6.07 Å². The molecule has 0 fully saturated rings. The van der Waals surface area contributed by atoms with Crippen LogP contribution in [0.25, 0.3) is 0 Å². The van der Waals surface area contributed by atoms with E-state index in [4.69, 9.17) is 4.42 Å². The molecular formula is C6H7O. The summed E-state index contributed by atoms with van der Waals surface area (Å²) in [6, 6.07) is 4.73. The number of hydrogen-bond acceptors (Lipinski definition) is 1. The summed E-state index contributed by atoms with van der Waals surface area (Å²) in [6.45, 7) is 3.79. The lowest BCUT2D eigenvalue weighted by Gasteiger charge is -1.76. The fraction of sp³-hybridized carbons (Fsp3) is 0.333. The van der Waals surface area contributed by atoms with Crippen LogP contribution in [-0.4, -0.2) is 0 Å². The van der Waals surface area contributed by atoms with Gasteiger partial charge in [0.15, 0.2) is 0 Å². The molecule has 7 heavy (non-hydrogen) atoms. The Balaban J connectivity index is 3.04. The summed E-state index contributed by atoms with van der Waals surface area (Å²) in [7, 11) is 0. The largest absolute Gasteiger partial charge is 0.466 e. The Hall–Kier alpha value is -0.720. The molecule has 1 aromatic rings. The van der Waals surface area contributed by atoms with Gasteiger partial charge in [0.2, 0.25) is 0 Å². The van der Waals surface area contributed by atoms with Crippen LogP contribution in [0.3, 0.4) is 0 Å². The van der Waals surface area contributed by atoms with E-state index in [9.17, 15) is 0 Å². The predicted octanol–water partition coefficient (Wildman–Crippen LogP) is 1.70. The normalized spacial score (nSPS) is 9.43. The number of furan rings is 1. The summed E-state index contributed by atoms with van der Waals surface area (Å²) in [6.07, 6.45) is 0. The summed E-state index contributed by atoms with van der Waals surface area (Å²) in [5, 5.41) is 0. The van der Waals surface area contributed by atoms with Gasteiger partial charge in [-0.25, -0.2) is 0 Å². The summed E-state index contributed by atoms with van der Waals surface area (Å²) in [5.41, 5.74) is 0. The van der Waals surface area contributed by atoms with Gasteiger partial charge in [-0.1, -0.05) is 0 Å². The average Bonchev–Trinajstić information content (AvgIpc) is 1.87. The van der Waals surface area contributed by atoms with Gasteiger partial charge in [-0.15, -0.1) is 0 Å². The van der Waals surface area contributed by atoms with Crippen molar-refractivity contribution in [3.05, 3.63) is 23.7 Å². The third kappa shape index (κ3) is 0.829. The monoisotopic (exact) mass is 95.0 g/mol. The van der Waals surface area contributed by atoms with Crippen LogP contribution < -0.4 is 0 Å². The highest BCUT2D eigenvalue weighted by atomic mass is 16.3. The van der Waals surface area contributed by atoms with Gasteiger partial charge < -0.3 is 4.42 Å². The molecule has 1 heteroatoms. The van der Waals surface area contributed by atoms with E-state index in [1.807, 2.05) is 19.9 Å². The van der Waals surface area contributed by atoms with Crippen molar-refractivity contribution in [3.8, 4) is 0 Å². The predicted molar refractivity (Wildman–Crippen MR) is 27.0 cm³/mol. The van der Waals surface area contributed by atoms with Crippen LogP contribution in [0.4, 0.5) is 0 Å². The maximum absolute atomic E-state index is 5.03. The summed E-state index contributed by atoms with van der Waals surface area (Å²) in [5.74, 6) is 1.79. The molecule has 0 saturated heterocycles. The minimum Gasteiger partial charge on any atom is -0.466 e. The summed E-state index contributed by atoms with van der Waals surface area (Å²) in [4.78, 5) is 0. The van der Waals surface area contributed by atoms with Crippen molar-refractivity contribution in [2.24, 2.45) is 0 Å². The van der Waals surface area contributed by atoms with Gasteiger partial charge in [-0.05, 0) is 19.9 Å². The van der Waals surface area contributed by atoms with Crippen LogP contribution in [0, 0.1) is 19.9 Å². The fourth-order valence-electron chi connectivity index (χ4n) is 0.504. The van der Waals surface area contributed by atoms with E-state index in [0.717, 1.165) is 11.5 Å². The Labute approximate surface area is 43.0 Å². The first kappa shape index (κ1) is 4.44. The van der Waals surface area contributed by atoms with E-state index in [1.165, 1.54) is 0 Å². The van der Waals surface area contributed by atoms with Crippen molar-refractivity contribution >= 4 is 0 Å². The second-order valence-electron chi connectivity index (χ2n) is 1.56. The van der Waals surface area contributed by atoms with Gasteiger partial charge in [-0.3, -0.25) is 0 Å². The molecule has 0 aliphatic heterocycles. The van der Waals surface area contributed by atoms with E-state index < -0.39 is 0 Å². The maximum Gasteiger partial charge on any atom is 0.109 e. The standard InChI is InChI=1S/C6H7O/c1-5-3-4-6(2)7-5/h3H,1-2H3. The molecule has 0 aromatic carbocycles. The van der Waals surface area contributed by atoms with Crippen LogP contribution in [0.2, 0.25) is 0 Å². The zero-order valence-corrected chi connectivity index (χ0v) is 4.49. The molecule has 0 saturated carbocycles. The molecule has 0 aliphatic carbocycles. The number of rotatable bonds is 0. The van der Waals surface area contributed by atoms with Crippen molar-refractivity contribution in [1.29, 1.82) is 0 Å². The molecule has 0 amide bonds. The highest BCUT2D eigenvalue weighted by molar-refractivity contribution is 5.00. The van der Waals surface area contributed by atoms with E-state index in [2.05, 4.69) is 6.07 Å². The third-order valence-corrected chi connectivity index (χ3v) is 0.793. The molecule has 1 heterocycles. The molecular weight excluding hydrogens is 88.1 g/mol. The second kappa shape index (κ2) is 1.41. The zero-order valence-electron chi connectivity index (χ0n) is 4.49. The first-order valence-electron chi connectivity index (χ1n) is 2.24. The van der Waals surface area contributed by atoms with Crippen LogP contribution in [0.15, 0.2) is 10.5 Å². The molecule has 0 aliphatic rings. The van der Waals surface area contributed by atoms with E-state index >= 15 is 0 Å². The lowest BCUT2D eigenvalue weighted by atomic mass is 10.5. The van der Waals surface area contributed by atoms with Crippen molar-refractivity contribution in [3.63, 3.8) is 0 Å². The van der Waals surface area contributed by atoms with Gasteiger partial charge in [0.1, 0.15) is 11.5 Å². The Morgan fingerprint density at radius 3 is 2.43 bits per heavy atom. The first-order chi connectivity index (χ1) is 3.29. The molecule has 1 aromatic heterocycles. The Kier molecular flexibility index (Phi) is 0.895. The quantitative estimate of drug-likeness (QED) is 0.478. The summed E-state index contributed by atoms with van der Waals surface area (Å²) < 4.78 is 5.03. The molecule has 0 unspecified atom stereocenters. The molecule has 0 N–H and O–H groups in total.